The average Bonchev–Trinajstić information content (AvgIpc) is 2.94. The second kappa shape index (κ2) is 7.39. The number of hydrogen-bond acceptors (Lipinski definition) is 2. The fraction of sp³-hybridized carbons (Fsp3) is 0.318. The minimum Gasteiger partial charge on any atom is -0.488 e. The van der Waals surface area contributed by atoms with E-state index in [0.29, 0.717) is 18.5 Å². The van der Waals surface area contributed by atoms with Gasteiger partial charge in [-0.15, -0.1) is 0 Å². The summed E-state index contributed by atoms with van der Waals surface area (Å²) in [6, 6.07) is 5.50. The Labute approximate surface area is 167 Å². The Balaban J connectivity index is 1.42. The molecule has 29 heavy (non-hydrogen) atoms. The van der Waals surface area contributed by atoms with Gasteiger partial charge >= 0.3 is 6.03 Å². The smallest absolute Gasteiger partial charge is 0.315 e. The van der Waals surface area contributed by atoms with Crippen LogP contribution in [0.2, 0.25) is 0 Å². The summed E-state index contributed by atoms with van der Waals surface area (Å²) >= 11 is 0. The third-order valence-corrected chi connectivity index (χ3v) is 5.40. The van der Waals surface area contributed by atoms with Crippen LogP contribution >= 0.6 is 0 Å². The van der Waals surface area contributed by atoms with Crippen molar-refractivity contribution in [2.75, 3.05) is 6.61 Å². The summed E-state index contributed by atoms with van der Waals surface area (Å²) in [5.74, 6) is -1.32. The number of nitrogens with one attached hydrogen (secondary N) is 3. The van der Waals surface area contributed by atoms with Gasteiger partial charge in [-0.2, -0.15) is 0 Å². The summed E-state index contributed by atoms with van der Waals surface area (Å²) in [6.45, 7) is 6.62. The first-order valence-electron chi connectivity index (χ1n) is 9.55. The number of aromatic amines is 1. The molecule has 1 aromatic heterocycles. The fourth-order valence-corrected chi connectivity index (χ4v) is 3.87. The van der Waals surface area contributed by atoms with Crippen LogP contribution in [0.15, 0.2) is 24.3 Å². The van der Waals surface area contributed by atoms with Crippen LogP contribution < -0.4 is 15.4 Å². The van der Waals surface area contributed by atoms with E-state index in [0.717, 1.165) is 33.8 Å². The number of rotatable bonds is 3. The molecule has 0 bridgehead atoms. The first-order valence-corrected chi connectivity index (χ1v) is 9.55. The molecule has 0 spiro atoms. The molecular formula is C22H23F2N3O2. The van der Waals surface area contributed by atoms with Crippen molar-refractivity contribution in [2.24, 2.45) is 0 Å². The average molecular weight is 399 g/mol. The van der Waals surface area contributed by atoms with Crippen LogP contribution in [-0.4, -0.2) is 23.7 Å². The van der Waals surface area contributed by atoms with E-state index < -0.39 is 11.6 Å². The van der Waals surface area contributed by atoms with E-state index in [9.17, 15) is 13.6 Å². The van der Waals surface area contributed by atoms with E-state index in [-0.39, 0.29) is 24.4 Å². The van der Waals surface area contributed by atoms with Gasteiger partial charge in [0.05, 0.1) is 11.6 Å². The molecule has 0 radical (unpaired) electrons. The molecule has 3 aromatic rings. The van der Waals surface area contributed by atoms with Crippen molar-refractivity contribution < 1.29 is 18.3 Å². The second-order valence-corrected chi connectivity index (χ2v) is 7.64. The number of carbonyl (C=O) groups excluding carboxylic acids is 1. The first-order chi connectivity index (χ1) is 13.8. The van der Waals surface area contributed by atoms with Crippen LogP contribution in [0.3, 0.4) is 0 Å². The monoisotopic (exact) mass is 399 g/mol. The minimum absolute atomic E-state index is 0.0597. The molecule has 2 amide bonds. The number of urea groups is 1. The topological polar surface area (TPSA) is 66.2 Å². The Hall–Kier alpha value is -3.09. The lowest BCUT2D eigenvalue weighted by Gasteiger charge is -2.26. The molecule has 0 aliphatic carbocycles. The van der Waals surface area contributed by atoms with Gasteiger partial charge in [-0.3, -0.25) is 0 Å². The maximum atomic E-state index is 13.8. The van der Waals surface area contributed by atoms with Gasteiger partial charge < -0.3 is 20.4 Å². The SMILES string of the molecule is Cc1cc(CNC(=O)NC2COc3c(F)cc(F)cc3C2)c2[nH]c(C)c(C)c2c1. The lowest BCUT2D eigenvalue weighted by Crippen LogP contribution is -2.47. The van der Waals surface area contributed by atoms with E-state index in [1.165, 1.54) is 11.6 Å². The predicted molar refractivity (Wildman–Crippen MR) is 107 cm³/mol. The number of ether oxygens (including phenoxy) is 1. The van der Waals surface area contributed by atoms with Gasteiger partial charge in [0.1, 0.15) is 12.4 Å². The summed E-state index contributed by atoms with van der Waals surface area (Å²) in [5.41, 5.74) is 5.86. The number of fused-ring (bicyclic) bond motifs is 2. The van der Waals surface area contributed by atoms with Crippen LogP contribution in [0.4, 0.5) is 13.6 Å². The van der Waals surface area contributed by atoms with Crippen molar-refractivity contribution in [3.8, 4) is 5.75 Å². The van der Waals surface area contributed by atoms with Gasteiger partial charge in [-0.25, -0.2) is 13.6 Å². The highest BCUT2D eigenvalue weighted by Crippen LogP contribution is 2.29. The van der Waals surface area contributed by atoms with E-state index in [1.54, 1.807) is 0 Å². The molecule has 2 heterocycles. The van der Waals surface area contributed by atoms with Gasteiger partial charge in [0, 0.05) is 29.3 Å². The zero-order chi connectivity index (χ0) is 20.7. The highest BCUT2D eigenvalue weighted by Gasteiger charge is 2.25. The van der Waals surface area contributed by atoms with Crippen LogP contribution in [0.1, 0.15) is 27.9 Å². The zero-order valence-electron chi connectivity index (χ0n) is 16.6. The van der Waals surface area contributed by atoms with E-state index in [2.05, 4.69) is 28.6 Å². The molecular weight excluding hydrogens is 376 g/mol. The molecule has 3 N–H and O–H groups in total. The molecule has 152 valence electrons. The maximum absolute atomic E-state index is 13.8. The van der Waals surface area contributed by atoms with Crippen molar-refractivity contribution in [2.45, 2.75) is 39.8 Å². The van der Waals surface area contributed by atoms with E-state index in [1.807, 2.05) is 19.9 Å². The lowest BCUT2D eigenvalue weighted by atomic mass is 10.0. The molecule has 1 unspecified atom stereocenters. The molecule has 1 atom stereocenters. The minimum atomic E-state index is -0.720. The summed E-state index contributed by atoms with van der Waals surface area (Å²) in [4.78, 5) is 15.8. The number of carbonyl (C=O) groups is 1. The van der Waals surface area contributed by atoms with Gasteiger partial charge in [0.15, 0.2) is 11.6 Å². The van der Waals surface area contributed by atoms with E-state index in [4.69, 9.17) is 4.74 Å². The summed E-state index contributed by atoms with van der Waals surface area (Å²) in [6.07, 6.45) is 0.307. The largest absolute Gasteiger partial charge is 0.488 e. The highest BCUT2D eigenvalue weighted by atomic mass is 19.1. The number of amides is 2. The van der Waals surface area contributed by atoms with Crippen LogP contribution in [0.5, 0.6) is 5.75 Å². The van der Waals surface area contributed by atoms with Crippen molar-refractivity contribution in [3.63, 3.8) is 0 Å². The van der Waals surface area contributed by atoms with Crippen LogP contribution in [0.25, 0.3) is 10.9 Å². The van der Waals surface area contributed by atoms with Crippen molar-refractivity contribution in [1.29, 1.82) is 0 Å². The number of aryl methyl sites for hydroxylation is 3. The third kappa shape index (κ3) is 3.77. The summed E-state index contributed by atoms with van der Waals surface area (Å²) < 4.78 is 32.6. The Morgan fingerprint density at radius 3 is 2.79 bits per heavy atom. The summed E-state index contributed by atoms with van der Waals surface area (Å²) in [7, 11) is 0. The standard InChI is InChI=1S/C22H23F2N3O2/c1-11-4-15(20-18(5-11)12(2)13(3)26-20)9-25-22(28)27-17-7-14-6-16(23)8-19(24)21(14)29-10-17/h4-6,8,17,26H,7,9-10H2,1-3H3,(H2,25,27,28). The zero-order valence-corrected chi connectivity index (χ0v) is 16.6. The maximum Gasteiger partial charge on any atom is 0.315 e. The Morgan fingerprint density at radius 2 is 2.00 bits per heavy atom. The Bertz CT molecular complexity index is 1110. The molecule has 0 saturated carbocycles. The highest BCUT2D eigenvalue weighted by molar-refractivity contribution is 5.88. The molecule has 5 nitrogen and oxygen atoms in total. The number of halogens is 2. The van der Waals surface area contributed by atoms with Crippen LogP contribution in [-0.2, 0) is 13.0 Å². The molecule has 0 saturated heterocycles. The third-order valence-electron chi connectivity index (χ3n) is 5.40. The first kappa shape index (κ1) is 19.2. The predicted octanol–water partition coefficient (Wildman–Crippen LogP) is 4.17. The number of H-pyrrole nitrogens is 1. The van der Waals surface area contributed by atoms with Gasteiger partial charge in [0.25, 0.3) is 0 Å². The summed E-state index contributed by atoms with van der Waals surface area (Å²) in [5, 5.41) is 6.84. The van der Waals surface area contributed by atoms with Gasteiger partial charge in [-0.05, 0) is 50.5 Å². The fourth-order valence-electron chi connectivity index (χ4n) is 3.87. The quantitative estimate of drug-likeness (QED) is 0.619. The van der Waals surface area contributed by atoms with Crippen molar-refractivity contribution in [1.82, 2.24) is 15.6 Å². The number of benzene rings is 2. The van der Waals surface area contributed by atoms with Crippen molar-refractivity contribution in [3.05, 3.63) is 63.8 Å². The molecule has 4 rings (SSSR count). The van der Waals surface area contributed by atoms with Gasteiger partial charge in [-0.1, -0.05) is 11.6 Å². The van der Waals surface area contributed by atoms with Gasteiger partial charge in [0.2, 0.25) is 0 Å². The molecule has 1 aliphatic rings. The normalized spacial score (nSPS) is 15.7. The van der Waals surface area contributed by atoms with E-state index >= 15 is 0 Å². The van der Waals surface area contributed by atoms with Crippen LogP contribution in [0, 0.1) is 32.4 Å². The number of aromatic nitrogens is 1. The number of hydrogen-bond donors (Lipinski definition) is 3. The molecule has 1 aliphatic heterocycles. The molecule has 2 aromatic carbocycles. The second-order valence-electron chi connectivity index (χ2n) is 7.64. The Kier molecular flexibility index (Phi) is 4.90. The molecule has 0 fully saturated rings. The van der Waals surface area contributed by atoms with Crippen molar-refractivity contribution >= 4 is 16.9 Å². The Morgan fingerprint density at radius 1 is 1.21 bits per heavy atom. The molecule has 7 heteroatoms. The lowest BCUT2D eigenvalue weighted by molar-refractivity contribution is 0.209.